The molecule has 1 saturated heterocycles. The quantitative estimate of drug-likeness (QED) is 0.567. The summed E-state index contributed by atoms with van der Waals surface area (Å²) in [5, 5.41) is 0. The molecule has 0 amide bonds. The van der Waals surface area contributed by atoms with E-state index in [9.17, 15) is 13.2 Å². The van der Waals surface area contributed by atoms with Crippen LogP contribution in [-0.4, -0.2) is 38.9 Å². The van der Waals surface area contributed by atoms with Gasteiger partial charge in [-0.1, -0.05) is 0 Å². The predicted octanol–water partition coefficient (Wildman–Crippen LogP) is -0.221. The third kappa shape index (κ3) is 1.51. The van der Waals surface area contributed by atoms with Crippen LogP contribution in [0.1, 0.15) is 12.8 Å². The van der Waals surface area contributed by atoms with Gasteiger partial charge in [-0.3, -0.25) is 0 Å². The molecule has 0 spiro atoms. The third-order valence-electron chi connectivity index (χ3n) is 2.29. The van der Waals surface area contributed by atoms with Gasteiger partial charge >= 0.3 is 0 Å². The van der Waals surface area contributed by atoms with E-state index in [1.807, 2.05) is 0 Å². The van der Waals surface area contributed by atoms with Crippen molar-refractivity contribution in [2.75, 3.05) is 19.5 Å². The molecular weight excluding hydrogens is 180 g/mol. The largest absolute Gasteiger partial charge is 0.381 e. The average molecular weight is 192 g/mol. The van der Waals surface area contributed by atoms with Crippen LogP contribution in [0.15, 0.2) is 0 Å². The fourth-order valence-electron chi connectivity index (χ4n) is 1.29. The predicted molar refractivity (Wildman–Crippen MR) is 43.7 cm³/mol. The Bertz CT molecular complexity index is 261. The number of carbonyl (C=O) groups excluding carboxylic acids is 1. The zero-order chi connectivity index (χ0) is 9.24. The van der Waals surface area contributed by atoms with Gasteiger partial charge in [0.1, 0.15) is 11.0 Å². The van der Waals surface area contributed by atoms with Crippen molar-refractivity contribution >= 4 is 16.1 Å². The lowest BCUT2D eigenvalue weighted by Gasteiger charge is -2.29. The molecular formula is C7H12O4S. The Morgan fingerprint density at radius 2 is 1.83 bits per heavy atom. The Morgan fingerprint density at radius 1 is 1.33 bits per heavy atom. The third-order valence-corrected chi connectivity index (χ3v) is 4.27. The maximum atomic E-state index is 11.3. The van der Waals surface area contributed by atoms with Gasteiger partial charge in [-0.05, 0) is 12.8 Å². The molecule has 0 radical (unpaired) electrons. The monoisotopic (exact) mass is 192 g/mol. The van der Waals surface area contributed by atoms with Gasteiger partial charge in [-0.2, -0.15) is 0 Å². The summed E-state index contributed by atoms with van der Waals surface area (Å²) >= 11 is 0. The Kier molecular flexibility index (Phi) is 2.53. The van der Waals surface area contributed by atoms with Crippen LogP contribution < -0.4 is 0 Å². The van der Waals surface area contributed by atoms with Crippen LogP contribution in [0.4, 0.5) is 0 Å². The van der Waals surface area contributed by atoms with Crippen LogP contribution >= 0.6 is 0 Å². The van der Waals surface area contributed by atoms with E-state index in [0.717, 1.165) is 6.26 Å². The molecule has 0 aromatic heterocycles. The van der Waals surface area contributed by atoms with Gasteiger partial charge in [0.05, 0.1) is 0 Å². The summed E-state index contributed by atoms with van der Waals surface area (Å²) in [4.78, 5) is 10.7. The van der Waals surface area contributed by atoms with Crippen molar-refractivity contribution in [2.24, 2.45) is 0 Å². The molecule has 0 unspecified atom stereocenters. The Morgan fingerprint density at radius 3 is 2.08 bits per heavy atom. The number of carbonyl (C=O) groups is 1. The molecule has 1 rings (SSSR count). The van der Waals surface area contributed by atoms with E-state index in [-0.39, 0.29) is 12.8 Å². The molecule has 12 heavy (non-hydrogen) atoms. The van der Waals surface area contributed by atoms with Gasteiger partial charge < -0.3 is 9.53 Å². The zero-order valence-electron chi connectivity index (χ0n) is 6.95. The maximum Gasteiger partial charge on any atom is 0.160 e. The van der Waals surface area contributed by atoms with Crippen LogP contribution in [-0.2, 0) is 19.4 Å². The molecule has 0 saturated carbocycles. The lowest BCUT2D eigenvalue weighted by Crippen LogP contribution is -2.44. The molecule has 0 atom stereocenters. The molecule has 0 aliphatic carbocycles. The molecule has 70 valence electrons. The second-order valence-corrected chi connectivity index (χ2v) is 5.42. The summed E-state index contributed by atoms with van der Waals surface area (Å²) in [6, 6.07) is 0. The van der Waals surface area contributed by atoms with Gasteiger partial charge in [-0.15, -0.1) is 0 Å². The zero-order valence-corrected chi connectivity index (χ0v) is 7.76. The van der Waals surface area contributed by atoms with E-state index in [4.69, 9.17) is 4.74 Å². The molecule has 0 bridgehead atoms. The van der Waals surface area contributed by atoms with Crippen molar-refractivity contribution in [3.63, 3.8) is 0 Å². The average Bonchev–Trinajstić information content (AvgIpc) is 2.04. The fourth-order valence-corrected chi connectivity index (χ4v) is 2.38. The number of sulfone groups is 1. The lowest BCUT2D eigenvalue weighted by atomic mass is 10.0. The minimum atomic E-state index is -3.29. The summed E-state index contributed by atoms with van der Waals surface area (Å²) in [5.41, 5.74) is 0. The molecule has 0 aromatic rings. The SMILES string of the molecule is CS(=O)(=O)C1(C=O)CCOCC1. The second kappa shape index (κ2) is 3.14. The van der Waals surface area contributed by atoms with Gasteiger partial charge in [0.25, 0.3) is 0 Å². The molecule has 1 heterocycles. The Hall–Kier alpha value is -0.420. The Balaban J connectivity index is 2.96. The van der Waals surface area contributed by atoms with Gasteiger partial charge in [0.15, 0.2) is 9.84 Å². The smallest absolute Gasteiger partial charge is 0.160 e. The highest BCUT2D eigenvalue weighted by atomic mass is 32.2. The molecule has 0 N–H and O–H groups in total. The summed E-state index contributed by atoms with van der Waals surface area (Å²) in [6.45, 7) is 0.706. The normalized spacial score (nSPS) is 23.4. The van der Waals surface area contributed by atoms with Crippen LogP contribution in [0.5, 0.6) is 0 Å². The van der Waals surface area contributed by atoms with Crippen LogP contribution in [0.25, 0.3) is 0 Å². The lowest BCUT2D eigenvalue weighted by molar-refractivity contribution is -0.112. The van der Waals surface area contributed by atoms with Crippen molar-refractivity contribution in [3.05, 3.63) is 0 Å². The van der Waals surface area contributed by atoms with Crippen molar-refractivity contribution in [1.29, 1.82) is 0 Å². The molecule has 4 nitrogen and oxygen atoms in total. The standard InChI is InChI=1S/C7H12O4S/c1-12(9,10)7(6-8)2-4-11-5-3-7/h6H,2-5H2,1H3. The van der Waals surface area contributed by atoms with Gasteiger partial charge in [0.2, 0.25) is 0 Å². The van der Waals surface area contributed by atoms with Gasteiger partial charge in [0, 0.05) is 19.5 Å². The maximum absolute atomic E-state index is 11.3. The van der Waals surface area contributed by atoms with Crippen molar-refractivity contribution in [3.8, 4) is 0 Å². The van der Waals surface area contributed by atoms with E-state index in [0.29, 0.717) is 19.5 Å². The summed E-state index contributed by atoms with van der Waals surface area (Å²) < 4.78 is 26.3. The van der Waals surface area contributed by atoms with Gasteiger partial charge in [-0.25, -0.2) is 8.42 Å². The minimum Gasteiger partial charge on any atom is -0.381 e. The van der Waals surface area contributed by atoms with E-state index < -0.39 is 14.6 Å². The first-order valence-corrected chi connectivity index (χ1v) is 5.65. The first-order chi connectivity index (χ1) is 5.52. The number of ether oxygens (including phenoxy) is 1. The summed E-state index contributed by atoms with van der Waals surface area (Å²) in [5.74, 6) is 0. The summed E-state index contributed by atoms with van der Waals surface area (Å²) in [6.07, 6.45) is 2.22. The van der Waals surface area contributed by atoms with E-state index in [1.54, 1.807) is 0 Å². The highest BCUT2D eigenvalue weighted by molar-refractivity contribution is 7.92. The number of aldehydes is 1. The minimum absolute atomic E-state index is 0.287. The van der Waals surface area contributed by atoms with Crippen LogP contribution in [0, 0.1) is 0 Å². The highest BCUT2D eigenvalue weighted by Crippen LogP contribution is 2.26. The number of rotatable bonds is 2. The molecule has 1 aliphatic heterocycles. The first kappa shape index (κ1) is 9.67. The van der Waals surface area contributed by atoms with E-state index in [1.165, 1.54) is 0 Å². The number of hydrogen-bond donors (Lipinski definition) is 0. The number of hydrogen-bond acceptors (Lipinski definition) is 4. The van der Waals surface area contributed by atoms with Crippen LogP contribution in [0.2, 0.25) is 0 Å². The van der Waals surface area contributed by atoms with E-state index in [2.05, 4.69) is 0 Å². The van der Waals surface area contributed by atoms with E-state index >= 15 is 0 Å². The van der Waals surface area contributed by atoms with Crippen molar-refractivity contribution < 1.29 is 17.9 Å². The first-order valence-electron chi connectivity index (χ1n) is 3.75. The van der Waals surface area contributed by atoms with Crippen LogP contribution in [0.3, 0.4) is 0 Å². The Labute approximate surface area is 71.8 Å². The molecule has 1 fully saturated rings. The summed E-state index contributed by atoms with van der Waals surface area (Å²) in [7, 11) is -3.29. The molecule has 0 aromatic carbocycles. The highest BCUT2D eigenvalue weighted by Gasteiger charge is 2.42. The second-order valence-electron chi connectivity index (χ2n) is 3.07. The van der Waals surface area contributed by atoms with Crippen molar-refractivity contribution in [2.45, 2.75) is 17.6 Å². The fraction of sp³-hybridized carbons (Fsp3) is 0.857. The molecule has 5 heteroatoms. The topological polar surface area (TPSA) is 60.4 Å². The molecule has 1 aliphatic rings. The van der Waals surface area contributed by atoms with Crippen molar-refractivity contribution in [1.82, 2.24) is 0 Å².